The van der Waals surface area contributed by atoms with Crippen LogP contribution in [0.5, 0.6) is 5.75 Å². The Morgan fingerprint density at radius 1 is 1.22 bits per heavy atom. The number of aryl methyl sites for hydroxylation is 1. The standard InChI is InChI=1S/C28H30ClF2N7O3/c1-3-37-12-16-7-9-20(25(37)39)38(16)27-32-11-18(29)24(35-27)33-15-6-8-19-17(10-15)21-22(26(40)36(19)2)41-13-28(30,31)23(34-21)14-4-5-14/h6,8,10-11,14,16,20,23,34H,3-5,7,9,12-13H2,1-2H3,(H,32,33,35)/t16-,20+,23+/m1/s1. The van der Waals surface area contributed by atoms with Crippen LogP contribution in [-0.4, -0.2) is 69.1 Å². The molecule has 2 bridgehead atoms. The molecule has 1 aromatic carbocycles. The van der Waals surface area contributed by atoms with Gasteiger partial charge in [-0.3, -0.25) is 9.59 Å². The van der Waals surface area contributed by atoms with Gasteiger partial charge in [0.2, 0.25) is 17.6 Å². The van der Waals surface area contributed by atoms with Gasteiger partial charge in [0.25, 0.3) is 5.56 Å². The van der Waals surface area contributed by atoms with E-state index in [0.29, 0.717) is 54.3 Å². The topological polar surface area (TPSA) is 105 Å². The lowest BCUT2D eigenvalue weighted by Crippen LogP contribution is -2.57. The van der Waals surface area contributed by atoms with Crippen molar-refractivity contribution in [2.75, 3.05) is 35.2 Å². The van der Waals surface area contributed by atoms with Gasteiger partial charge < -0.3 is 29.7 Å². The van der Waals surface area contributed by atoms with Crippen LogP contribution in [0.15, 0.2) is 29.2 Å². The van der Waals surface area contributed by atoms with Gasteiger partial charge in [0.05, 0.1) is 29.5 Å². The second kappa shape index (κ2) is 9.43. The highest BCUT2D eigenvalue weighted by Gasteiger charge is 2.51. The molecule has 5 heterocycles. The van der Waals surface area contributed by atoms with E-state index in [1.165, 1.54) is 10.8 Å². The molecule has 7 rings (SSSR count). The third kappa shape index (κ3) is 4.25. The minimum Gasteiger partial charge on any atom is -0.480 e. The molecule has 1 saturated carbocycles. The van der Waals surface area contributed by atoms with E-state index in [9.17, 15) is 18.4 Å². The average molecular weight is 586 g/mol. The maximum Gasteiger partial charge on any atom is 0.301 e. The number of benzene rings is 1. The summed E-state index contributed by atoms with van der Waals surface area (Å²) in [5.41, 5.74) is 0.928. The Balaban J connectivity index is 1.25. The molecule has 3 aliphatic heterocycles. The van der Waals surface area contributed by atoms with Crippen molar-refractivity contribution in [3.8, 4) is 5.75 Å². The summed E-state index contributed by atoms with van der Waals surface area (Å²) in [5.74, 6) is -2.56. The van der Waals surface area contributed by atoms with Crippen LogP contribution in [0.1, 0.15) is 32.6 Å². The molecule has 3 atom stereocenters. The van der Waals surface area contributed by atoms with Gasteiger partial charge in [0.1, 0.15) is 11.1 Å². The zero-order chi connectivity index (χ0) is 28.6. The van der Waals surface area contributed by atoms with Crippen LogP contribution >= 0.6 is 11.6 Å². The molecule has 2 N–H and O–H groups in total. The minimum atomic E-state index is -3.12. The van der Waals surface area contributed by atoms with Crippen LogP contribution in [0.2, 0.25) is 5.02 Å². The van der Waals surface area contributed by atoms with E-state index in [4.69, 9.17) is 21.3 Å². The Labute approximate surface area is 239 Å². The van der Waals surface area contributed by atoms with Crippen LogP contribution in [0.3, 0.4) is 0 Å². The van der Waals surface area contributed by atoms with Gasteiger partial charge in [-0.1, -0.05) is 11.6 Å². The number of nitrogens with one attached hydrogen (secondary N) is 2. The first-order valence-corrected chi connectivity index (χ1v) is 14.3. The van der Waals surface area contributed by atoms with Crippen LogP contribution in [-0.2, 0) is 11.8 Å². The number of hydrogen-bond acceptors (Lipinski definition) is 8. The maximum atomic E-state index is 15.0. The number of amides is 1. The first kappa shape index (κ1) is 26.2. The second-order valence-electron chi connectivity index (χ2n) is 11.3. The predicted molar refractivity (Wildman–Crippen MR) is 152 cm³/mol. The van der Waals surface area contributed by atoms with Crippen molar-refractivity contribution < 1.29 is 18.3 Å². The number of carbonyl (C=O) groups is 1. The number of aromatic nitrogens is 3. The molecule has 2 saturated heterocycles. The number of likely N-dealkylation sites (N-methyl/N-ethyl adjacent to an activating group) is 1. The van der Waals surface area contributed by atoms with Crippen LogP contribution in [0.25, 0.3) is 10.9 Å². The number of pyridine rings is 1. The van der Waals surface area contributed by atoms with E-state index in [1.807, 2.05) is 16.7 Å². The molecule has 1 amide bonds. The molecule has 216 valence electrons. The van der Waals surface area contributed by atoms with Crippen LogP contribution in [0.4, 0.5) is 31.9 Å². The highest BCUT2D eigenvalue weighted by Crippen LogP contribution is 2.46. The molecule has 13 heteroatoms. The van der Waals surface area contributed by atoms with Gasteiger partial charge in [-0.05, 0) is 56.7 Å². The second-order valence-corrected chi connectivity index (χ2v) is 11.7. The normalized spacial score (nSPS) is 25.0. The summed E-state index contributed by atoms with van der Waals surface area (Å²) in [6.07, 6.45) is 4.54. The summed E-state index contributed by atoms with van der Waals surface area (Å²) in [6, 6.07) is 3.99. The smallest absolute Gasteiger partial charge is 0.301 e. The number of piperazine rings is 1. The Hall–Kier alpha value is -3.67. The van der Waals surface area contributed by atoms with Crippen molar-refractivity contribution in [1.29, 1.82) is 0 Å². The first-order chi connectivity index (χ1) is 19.7. The first-order valence-electron chi connectivity index (χ1n) is 14.0. The largest absolute Gasteiger partial charge is 0.480 e. The molecular weight excluding hydrogens is 556 g/mol. The van der Waals surface area contributed by atoms with E-state index >= 15 is 0 Å². The number of halogens is 3. The zero-order valence-corrected chi connectivity index (χ0v) is 23.4. The van der Waals surface area contributed by atoms with Crippen molar-refractivity contribution in [2.45, 2.75) is 56.7 Å². The SMILES string of the molecule is CCN1C[C@H]2CC[C@@H](C1=O)N2c1ncc(Cl)c(Nc2ccc3c(c2)c2c(c(=O)n3C)OCC(F)(F)[C@H](C3CC3)N2)n1. The molecule has 1 aliphatic carbocycles. The fourth-order valence-electron chi connectivity index (χ4n) is 6.44. The van der Waals surface area contributed by atoms with E-state index in [0.717, 1.165) is 12.8 Å². The van der Waals surface area contributed by atoms with Gasteiger partial charge in [-0.2, -0.15) is 4.98 Å². The van der Waals surface area contributed by atoms with Crippen molar-refractivity contribution >= 4 is 51.6 Å². The number of hydrogen-bond donors (Lipinski definition) is 2. The Morgan fingerprint density at radius 2 is 2.02 bits per heavy atom. The number of carbonyl (C=O) groups excluding carboxylic acids is 1. The number of likely N-dealkylation sites (tertiary alicyclic amines) is 1. The third-order valence-corrected chi connectivity index (χ3v) is 9.02. The lowest BCUT2D eigenvalue weighted by atomic mass is 10.0. The number of nitrogens with zero attached hydrogens (tertiary/aromatic N) is 5. The summed E-state index contributed by atoms with van der Waals surface area (Å²) >= 11 is 6.50. The molecule has 2 aromatic heterocycles. The highest BCUT2D eigenvalue weighted by molar-refractivity contribution is 6.33. The minimum absolute atomic E-state index is 0.0833. The van der Waals surface area contributed by atoms with Crippen molar-refractivity contribution in [3.05, 3.63) is 39.8 Å². The molecular formula is C28H30ClF2N7O3. The Morgan fingerprint density at radius 3 is 2.78 bits per heavy atom. The van der Waals surface area contributed by atoms with E-state index in [2.05, 4.69) is 15.6 Å². The van der Waals surface area contributed by atoms with E-state index in [1.54, 1.807) is 25.2 Å². The van der Waals surface area contributed by atoms with E-state index < -0.39 is 24.1 Å². The Bertz CT molecular complexity index is 1630. The molecule has 0 radical (unpaired) electrons. The Kier molecular flexibility index (Phi) is 6.04. The number of ether oxygens (including phenoxy) is 1. The van der Waals surface area contributed by atoms with Crippen LogP contribution in [0, 0.1) is 5.92 Å². The van der Waals surface area contributed by atoms with Crippen LogP contribution < -0.4 is 25.8 Å². The zero-order valence-electron chi connectivity index (χ0n) is 22.7. The fraction of sp³-hybridized carbons (Fsp3) is 0.500. The number of anilines is 4. The lowest BCUT2D eigenvalue weighted by molar-refractivity contribution is -0.133. The molecule has 0 unspecified atom stereocenters. The predicted octanol–water partition coefficient (Wildman–Crippen LogP) is 4.14. The van der Waals surface area contributed by atoms with Gasteiger partial charge >= 0.3 is 5.92 Å². The van der Waals surface area contributed by atoms with Crippen molar-refractivity contribution in [3.63, 3.8) is 0 Å². The molecule has 3 fully saturated rings. The van der Waals surface area contributed by atoms with Gasteiger partial charge in [0.15, 0.2) is 12.4 Å². The number of rotatable bonds is 5. The van der Waals surface area contributed by atoms with Crippen molar-refractivity contribution in [2.24, 2.45) is 13.0 Å². The summed E-state index contributed by atoms with van der Waals surface area (Å²) in [4.78, 5) is 39.1. The van der Waals surface area contributed by atoms with Gasteiger partial charge in [0, 0.05) is 31.2 Å². The van der Waals surface area contributed by atoms with Crippen molar-refractivity contribution in [1.82, 2.24) is 19.4 Å². The maximum absolute atomic E-state index is 15.0. The van der Waals surface area contributed by atoms with Gasteiger partial charge in [-0.25, -0.2) is 13.8 Å². The number of alkyl halides is 2. The highest BCUT2D eigenvalue weighted by atomic mass is 35.5. The summed E-state index contributed by atoms with van der Waals surface area (Å²) in [6.45, 7) is 2.42. The summed E-state index contributed by atoms with van der Waals surface area (Å²) in [5, 5.41) is 7.07. The molecule has 0 spiro atoms. The van der Waals surface area contributed by atoms with Gasteiger partial charge in [-0.15, -0.1) is 0 Å². The third-order valence-electron chi connectivity index (χ3n) is 8.75. The molecule has 41 heavy (non-hydrogen) atoms. The summed E-state index contributed by atoms with van der Waals surface area (Å²) < 4.78 is 36.8. The average Bonchev–Trinajstić information content (AvgIpc) is 3.74. The molecule has 10 nitrogen and oxygen atoms in total. The van der Waals surface area contributed by atoms with E-state index in [-0.39, 0.29) is 40.4 Å². The number of fused-ring (bicyclic) bond motifs is 5. The fourth-order valence-corrected chi connectivity index (χ4v) is 6.58. The lowest BCUT2D eigenvalue weighted by Gasteiger charge is -2.40. The monoisotopic (exact) mass is 585 g/mol. The summed E-state index contributed by atoms with van der Waals surface area (Å²) in [7, 11) is 1.59. The quantitative estimate of drug-likeness (QED) is 0.460. The molecule has 4 aliphatic rings. The molecule has 3 aromatic rings.